The minimum Gasteiger partial charge on any atom is -0.477 e. The summed E-state index contributed by atoms with van der Waals surface area (Å²) in [4.78, 5) is 15.0. The monoisotopic (exact) mass is 342 g/mol. The van der Waals surface area contributed by atoms with Crippen LogP contribution in [0.3, 0.4) is 0 Å². The van der Waals surface area contributed by atoms with Gasteiger partial charge in [-0.15, -0.1) is 0 Å². The number of carboxylic acids is 1. The van der Waals surface area contributed by atoms with Gasteiger partial charge in [0, 0.05) is 28.7 Å². The number of rotatable bonds is 4. The zero-order chi connectivity index (χ0) is 12.3. The summed E-state index contributed by atoms with van der Waals surface area (Å²) in [7, 11) is 0. The summed E-state index contributed by atoms with van der Waals surface area (Å²) >= 11 is 2.12. The third-order valence-electron chi connectivity index (χ3n) is 2.45. The van der Waals surface area contributed by atoms with Crippen molar-refractivity contribution in [1.29, 1.82) is 0 Å². The molecule has 0 bridgehead atoms. The van der Waals surface area contributed by atoms with Crippen LogP contribution < -0.4 is 0 Å². The number of aromatic nitrogens is 2. The van der Waals surface area contributed by atoms with Crippen LogP contribution in [0.1, 0.15) is 16.1 Å². The average molecular weight is 342 g/mol. The summed E-state index contributed by atoms with van der Waals surface area (Å²) in [5, 5.41) is 9.04. The zero-order valence-corrected chi connectivity index (χ0v) is 11.2. The van der Waals surface area contributed by atoms with Crippen LogP contribution >= 0.6 is 22.6 Å². The number of aryl methyl sites for hydroxylation is 2. The van der Waals surface area contributed by atoms with Gasteiger partial charge in [-0.25, -0.2) is 4.79 Å². The van der Waals surface area contributed by atoms with Crippen LogP contribution in [-0.2, 0) is 13.0 Å². The molecule has 0 saturated carbocycles. The molecule has 2 aromatic rings. The first-order valence-electron chi connectivity index (χ1n) is 5.14. The molecule has 2 aromatic heterocycles. The highest BCUT2D eigenvalue weighted by Gasteiger charge is 2.11. The molecule has 1 N–H and O–H groups in total. The summed E-state index contributed by atoms with van der Waals surface area (Å²) in [5.74, 6) is -0.890. The number of pyridine rings is 1. The predicted octanol–water partition coefficient (Wildman–Crippen LogP) is 2.43. The molecule has 0 radical (unpaired) electrons. The lowest BCUT2D eigenvalue weighted by atomic mass is 10.2. The fourth-order valence-electron chi connectivity index (χ4n) is 1.63. The Bertz CT molecular complexity index is 523. The Morgan fingerprint density at radius 2 is 2.35 bits per heavy atom. The van der Waals surface area contributed by atoms with Crippen molar-refractivity contribution in [3.8, 4) is 0 Å². The molecule has 4 nitrogen and oxygen atoms in total. The standard InChI is InChI=1S/C12H11IN2O2/c13-10-6-11(12(16)17)15(8-10)5-3-9-2-1-4-14-7-9/h1-2,4,6-8H,3,5H2,(H,16,17). The molecule has 0 unspecified atom stereocenters. The largest absolute Gasteiger partial charge is 0.477 e. The van der Waals surface area contributed by atoms with E-state index in [-0.39, 0.29) is 0 Å². The van der Waals surface area contributed by atoms with E-state index in [2.05, 4.69) is 27.6 Å². The molecular formula is C12H11IN2O2. The molecule has 0 aliphatic heterocycles. The maximum Gasteiger partial charge on any atom is 0.352 e. The normalized spacial score (nSPS) is 10.4. The van der Waals surface area contributed by atoms with Gasteiger partial charge in [0.05, 0.1) is 0 Å². The van der Waals surface area contributed by atoms with Crippen LogP contribution in [0.15, 0.2) is 36.8 Å². The number of nitrogens with zero attached hydrogens (tertiary/aromatic N) is 2. The maximum absolute atomic E-state index is 11.0. The number of aromatic carboxylic acids is 1. The lowest BCUT2D eigenvalue weighted by molar-refractivity contribution is 0.0685. The topological polar surface area (TPSA) is 55.1 Å². The molecule has 0 fully saturated rings. The van der Waals surface area contributed by atoms with E-state index in [1.807, 2.05) is 18.3 Å². The molecular weight excluding hydrogens is 331 g/mol. The summed E-state index contributed by atoms with van der Waals surface area (Å²) in [6.45, 7) is 0.649. The van der Waals surface area contributed by atoms with E-state index in [0.29, 0.717) is 12.2 Å². The van der Waals surface area contributed by atoms with E-state index >= 15 is 0 Å². The van der Waals surface area contributed by atoms with Crippen molar-refractivity contribution < 1.29 is 9.90 Å². The summed E-state index contributed by atoms with van der Waals surface area (Å²) in [6.07, 6.45) is 6.15. The molecule has 88 valence electrons. The highest BCUT2D eigenvalue weighted by Crippen LogP contribution is 2.12. The third-order valence-corrected chi connectivity index (χ3v) is 3.04. The van der Waals surface area contributed by atoms with E-state index in [1.165, 1.54) is 0 Å². The van der Waals surface area contributed by atoms with Crippen molar-refractivity contribution in [3.63, 3.8) is 0 Å². The lowest BCUT2D eigenvalue weighted by Gasteiger charge is -2.05. The zero-order valence-electron chi connectivity index (χ0n) is 9.01. The molecule has 0 saturated heterocycles. The Labute approximate surface area is 112 Å². The first-order valence-corrected chi connectivity index (χ1v) is 6.22. The van der Waals surface area contributed by atoms with Gasteiger partial charge in [0.25, 0.3) is 0 Å². The van der Waals surface area contributed by atoms with Gasteiger partial charge in [-0.05, 0) is 46.7 Å². The molecule has 0 aliphatic carbocycles. The van der Waals surface area contributed by atoms with Gasteiger partial charge in [-0.2, -0.15) is 0 Å². The molecule has 0 aliphatic rings. The first kappa shape index (κ1) is 12.1. The molecule has 0 aromatic carbocycles. The van der Waals surface area contributed by atoms with Crippen molar-refractivity contribution in [1.82, 2.24) is 9.55 Å². The Morgan fingerprint density at radius 3 is 3.00 bits per heavy atom. The molecule has 0 amide bonds. The number of hydrogen-bond acceptors (Lipinski definition) is 2. The molecule has 0 atom stereocenters. The first-order chi connectivity index (χ1) is 8.16. The van der Waals surface area contributed by atoms with Crippen molar-refractivity contribution in [3.05, 3.63) is 51.6 Å². The predicted molar refractivity (Wildman–Crippen MR) is 72.0 cm³/mol. The van der Waals surface area contributed by atoms with Crippen LogP contribution in [0, 0.1) is 3.57 Å². The molecule has 17 heavy (non-hydrogen) atoms. The van der Waals surface area contributed by atoms with Crippen molar-refractivity contribution in [2.24, 2.45) is 0 Å². The van der Waals surface area contributed by atoms with Gasteiger partial charge < -0.3 is 9.67 Å². The van der Waals surface area contributed by atoms with E-state index in [1.54, 1.807) is 23.0 Å². The number of halogens is 1. The van der Waals surface area contributed by atoms with E-state index in [0.717, 1.165) is 15.6 Å². The number of hydrogen-bond donors (Lipinski definition) is 1. The van der Waals surface area contributed by atoms with Gasteiger partial charge in [0.1, 0.15) is 5.69 Å². The van der Waals surface area contributed by atoms with E-state index in [9.17, 15) is 4.79 Å². The Hall–Kier alpha value is -1.37. The minimum absolute atomic E-state index is 0.332. The van der Waals surface area contributed by atoms with Gasteiger partial charge in [0.2, 0.25) is 0 Å². The van der Waals surface area contributed by atoms with Gasteiger partial charge in [0.15, 0.2) is 0 Å². The summed E-state index contributed by atoms with van der Waals surface area (Å²) < 4.78 is 2.70. The molecule has 5 heteroatoms. The summed E-state index contributed by atoms with van der Waals surface area (Å²) in [5.41, 5.74) is 1.44. The second-order valence-electron chi connectivity index (χ2n) is 3.65. The lowest BCUT2D eigenvalue weighted by Crippen LogP contribution is -2.09. The second-order valence-corrected chi connectivity index (χ2v) is 4.90. The van der Waals surface area contributed by atoms with Gasteiger partial charge >= 0.3 is 5.97 Å². The van der Waals surface area contributed by atoms with Crippen LogP contribution in [0.5, 0.6) is 0 Å². The van der Waals surface area contributed by atoms with Gasteiger partial charge in [-0.3, -0.25) is 4.98 Å². The van der Waals surface area contributed by atoms with Crippen molar-refractivity contribution >= 4 is 28.6 Å². The van der Waals surface area contributed by atoms with E-state index < -0.39 is 5.97 Å². The second kappa shape index (κ2) is 5.31. The SMILES string of the molecule is O=C(O)c1cc(I)cn1CCc1cccnc1. The highest BCUT2D eigenvalue weighted by molar-refractivity contribution is 14.1. The molecule has 0 spiro atoms. The van der Waals surface area contributed by atoms with Crippen LogP contribution in [0.2, 0.25) is 0 Å². The highest BCUT2D eigenvalue weighted by atomic mass is 127. The average Bonchev–Trinajstić information content (AvgIpc) is 2.69. The Balaban J connectivity index is 2.11. The fraction of sp³-hybridized carbons (Fsp3) is 0.167. The van der Waals surface area contributed by atoms with Crippen LogP contribution in [0.25, 0.3) is 0 Å². The fourth-order valence-corrected chi connectivity index (χ4v) is 2.27. The Morgan fingerprint density at radius 1 is 1.53 bits per heavy atom. The minimum atomic E-state index is -0.890. The smallest absolute Gasteiger partial charge is 0.352 e. The van der Waals surface area contributed by atoms with Crippen LogP contribution in [-0.4, -0.2) is 20.6 Å². The molecule has 2 heterocycles. The maximum atomic E-state index is 11.0. The number of carboxylic acid groups (broad SMARTS) is 1. The van der Waals surface area contributed by atoms with Crippen molar-refractivity contribution in [2.75, 3.05) is 0 Å². The Kier molecular flexibility index (Phi) is 3.78. The van der Waals surface area contributed by atoms with Gasteiger partial charge in [-0.1, -0.05) is 6.07 Å². The van der Waals surface area contributed by atoms with E-state index in [4.69, 9.17) is 5.11 Å². The van der Waals surface area contributed by atoms with Crippen molar-refractivity contribution in [2.45, 2.75) is 13.0 Å². The molecule has 2 rings (SSSR count). The number of carbonyl (C=O) groups is 1. The van der Waals surface area contributed by atoms with Crippen LogP contribution in [0.4, 0.5) is 0 Å². The quantitative estimate of drug-likeness (QED) is 0.869. The third kappa shape index (κ3) is 3.06. The summed E-state index contributed by atoms with van der Waals surface area (Å²) in [6, 6.07) is 5.54.